The van der Waals surface area contributed by atoms with Crippen LogP contribution in [-0.2, 0) is 7.05 Å². The first-order chi connectivity index (χ1) is 8.41. The second-order valence-electron chi connectivity index (χ2n) is 5.20. The summed E-state index contributed by atoms with van der Waals surface area (Å²) in [6.45, 7) is 7.70. The SMILES string of the molecule is Cc1nn(C)c(C)c1C(=O)N1CCC(C)C(Br)C1. The van der Waals surface area contributed by atoms with E-state index >= 15 is 0 Å². The molecule has 1 aliphatic heterocycles. The van der Waals surface area contributed by atoms with E-state index in [1.165, 1.54) is 0 Å². The molecule has 1 aromatic heterocycles. The van der Waals surface area contributed by atoms with Gasteiger partial charge in [0, 0.05) is 30.7 Å². The Balaban J connectivity index is 2.21. The number of aryl methyl sites for hydroxylation is 2. The summed E-state index contributed by atoms with van der Waals surface area (Å²) in [6.07, 6.45) is 1.06. The fourth-order valence-electron chi connectivity index (χ4n) is 2.45. The van der Waals surface area contributed by atoms with E-state index in [2.05, 4.69) is 28.0 Å². The van der Waals surface area contributed by atoms with Gasteiger partial charge in [-0.25, -0.2) is 0 Å². The van der Waals surface area contributed by atoms with Gasteiger partial charge in [-0.3, -0.25) is 9.48 Å². The highest BCUT2D eigenvalue weighted by Crippen LogP contribution is 2.25. The Hall–Kier alpha value is -0.840. The molecule has 2 unspecified atom stereocenters. The predicted molar refractivity (Wildman–Crippen MR) is 75.1 cm³/mol. The Kier molecular flexibility index (Phi) is 3.80. The molecule has 2 rings (SSSR count). The summed E-state index contributed by atoms with van der Waals surface area (Å²) in [6, 6.07) is 0. The summed E-state index contributed by atoms with van der Waals surface area (Å²) in [4.78, 5) is 14.9. The largest absolute Gasteiger partial charge is 0.337 e. The fourth-order valence-corrected chi connectivity index (χ4v) is 3.06. The number of alkyl halides is 1. The number of hydrogen-bond donors (Lipinski definition) is 0. The Morgan fingerprint density at radius 1 is 1.44 bits per heavy atom. The summed E-state index contributed by atoms with van der Waals surface area (Å²) in [7, 11) is 1.88. The molecule has 0 saturated carbocycles. The molecule has 100 valence electrons. The molecule has 2 atom stereocenters. The van der Waals surface area contributed by atoms with Crippen LogP contribution in [0.3, 0.4) is 0 Å². The maximum absolute atomic E-state index is 12.6. The number of amides is 1. The predicted octanol–water partition coefficient (Wildman–Crippen LogP) is 2.28. The summed E-state index contributed by atoms with van der Waals surface area (Å²) >= 11 is 3.66. The quantitative estimate of drug-likeness (QED) is 0.746. The molecule has 5 heteroatoms. The van der Waals surface area contributed by atoms with Gasteiger partial charge in [0.05, 0.1) is 11.3 Å². The molecule has 1 amide bonds. The number of carbonyl (C=O) groups is 1. The van der Waals surface area contributed by atoms with Gasteiger partial charge in [-0.05, 0) is 26.2 Å². The molecule has 1 fully saturated rings. The lowest BCUT2D eigenvalue weighted by molar-refractivity contribution is 0.0704. The minimum atomic E-state index is 0.120. The van der Waals surface area contributed by atoms with Crippen LogP contribution in [0.4, 0.5) is 0 Å². The Labute approximate surface area is 116 Å². The van der Waals surface area contributed by atoms with Gasteiger partial charge in [0.25, 0.3) is 5.91 Å². The lowest BCUT2D eigenvalue weighted by atomic mass is 9.98. The van der Waals surface area contributed by atoms with E-state index in [0.717, 1.165) is 36.5 Å². The van der Waals surface area contributed by atoms with Crippen molar-refractivity contribution in [3.8, 4) is 0 Å². The molecule has 0 N–H and O–H groups in total. The molecule has 4 nitrogen and oxygen atoms in total. The first kappa shape index (κ1) is 13.6. The number of piperidine rings is 1. The molecule has 1 aliphatic rings. The number of nitrogens with zero attached hydrogens (tertiary/aromatic N) is 3. The zero-order valence-corrected chi connectivity index (χ0v) is 13.0. The van der Waals surface area contributed by atoms with Crippen molar-refractivity contribution >= 4 is 21.8 Å². The van der Waals surface area contributed by atoms with Crippen molar-refractivity contribution in [1.29, 1.82) is 0 Å². The average molecular weight is 314 g/mol. The second kappa shape index (κ2) is 5.03. The molecular formula is C13H20BrN3O. The van der Waals surface area contributed by atoms with Crippen LogP contribution >= 0.6 is 15.9 Å². The molecule has 1 saturated heterocycles. The van der Waals surface area contributed by atoms with Crippen molar-refractivity contribution in [2.45, 2.75) is 32.0 Å². The molecular weight excluding hydrogens is 294 g/mol. The van der Waals surface area contributed by atoms with E-state index < -0.39 is 0 Å². The fraction of sp³-hybridized carbons (Fsp3) is 0.692. The highest BCUT2D eigenvalue weighted by Gasteiger charge is 2.30. The first-order valence-electron chi connectivity index (χ1n) is 6.35. The van der Waals surface area contributed by atoms with Crippen molar-refractivity contribution in [3.05, 3.63) is 17.0 Å². The highest BCUT2D eigenvalue weighted by molar-refractivity contribution is 9.09. The van der Waals surface area contributed by atoms with Crippen LogP contribution in [0.5, 0.6) is 0 Å². The molecule has 2 heterocycles. The van der Waals surface area contributed by atoms with E-state index in [4.69, 9.17) is 0 Å². The van der Waals surface area contributed by atoms with Gasteiger partial charge in [-0.2, -0.15) is 5.10 Å². The summed E-state index contributed by atoms with van der Waals surface area (Å²) < 4.78 is 1.78. The van der Waals surface area contributed by atoms with Crippen molar-refractivity contribution in [3.63, 3.8) is 0 Å². The van der Waals surface area contributed by atoms with E-state index in [-0.39, 0.29) is 5.91 Å². The van der Waals surface area contributed by atoms with Crippen LogP contribution in [-0.4, -0.2) is 38.5 Å². The minimum Gasteiger partial charge on any atom is -0.337 e. The highest BCUT2D eigenvalue weighted by atomic mass is 79.9. The maximum atomic E-state index is 12.6. The van der Waals surface area contributed by atoms with Crippen molar-refractivity contribution in [2.75, 3.05) is 13.1 Å². The molecule has 0 radical (unpaired) electrons. The first-order valence-corrected chi connectivity index (χ1v) is 7.27. The van der Waals surface area contributed by atoms with E-state index in [0.29, 0.717) is 10.7 Å². The number of rotatable bonds is 1. The topological polar surface area (TPSA) is 38.1 Å². The molecule has 0 spiro atoms. The van der Waals surface area contributed by atoms with Crippen molar-refractivity contribution in [1.82, 2.24) is 14.7 Å². The van der Waals surface area contributed by atoms with Gasteiger partial charge in [0.2, 0.25) is 0 Å². The lowest BCUT2D eigenvalue weighted by Crippen LogP contribution is -2.43. The Morgan fingerprint density at radius 3 is 2.61 bits per heavy atom. The monoisotopic (exact) mass is 313 g/mol. The van der Waals surface area contributed by atoms with Crippen LogP contribution < -0.4 is 0 Å². The van der Waals surface area contributed by atoms with Gasteiger partial charge in [-0.1, -0.05) is 22.9 Å². The second-order valence-corrected chi connectivity index (χ2v) is 6.38. The molecule has 0 aliphatic carbocycles. The molecule has 1 aromatic rings. The Morgan fingerprint density at radius 2 is 2.11 bits per heavy atom. The van der Waals surface area contributed by atoms with Crippen LogP contribution in [0.15, 0.2) is 0 Å². The smallest absolute Gasteiger partial charge is 0.257 e. The number of hydrogen-bond acceptors (Lipinski definition) is 2. The number of halogens is 1. The molecule has 0 bridgehead atoms. The Bertz CT molecular complexity index is 469. The van der Waals surface area contributed by atoms with Crippen LogP contribution in [0.1, 0.15) is 35.1 Å². The van der Waals surface area contributed by atoms with E-state index in [1.54, 1.807) is 4.68 Å². The van der Waals surface area contributed by atoms with Crippen molar-refractivity contribution in [2.24, 2.45) is 13.0 Å². The maximum Gasteiger partial charge on any atom is 0.257 e. The third-order valence-electron chi connectivity index (χ3n) is 3.88. The molecule has 0 aromatic carbocycles. The van der Waals surface area contributed by atoms with Gasteiger partial charge in [-0.15, -0.1) is 0 Å². The zero-order valence-electron chi connectivity index (χ0n) is 11.4. The lowest BCUT2D eigenvalue weighted by Gasteiger charge is -2.34. The standard InChI is InChI=1S/C13H20BrN3O/c1-8-5-6-17(7-11(8)14)13(18)12-9(2)15-16(4)10(12)3/h8,11H,5-7H2,1-4H3. The summed E-state index contributed by atoms with van der Waals surface area (Å²) in [5.41, 5.74) is 2.54. The number of likely N-dealkylation sites (tertiary alicyclic amines) is 1. The summed E-state index contributed by atoms with van der Waals surface area (Å²) in [5.74, 6) is 0.750. The number of aromatic nitrogens is 2. The van der Waals surface area contributed by atoms with E-state index in [1.807, 2.05) is 25.8 Å². The van der Waals surface area contributed by atoms with Crippen LogP contribution in [0.2, 0.25) is 0 Å². The van der Waals surface area contributed by atoms with Gasteiger partial charge in [0.1, 0.15) is 0 Å². The number of carbonyl (C=O) groups excluding carboxylic acids is 1. The van der Waals surface area contributed by atoms with Crippen LogP contribution in [0, 0.1) is 19.8 Å². The third kappa shape index (κ3) is 2.32. The summed E-state index contributed by atoms with van der Waals surface area (Å²) in [5, 5.41) is 4.32. The third-order valence-corrected chi connectivity index (χ3v) is 5.07. The van der Waals surface area contributed by atoms with Gasteiger partial charge >= 0.3 is 0 Å². The minimum absolute atomic E-state index is 0.120. The van der Waals surface area contributed by atoms with E-state index in [9.17, 15) is 4.79 Å². The zero-order chi connectivity index (χ0) is 13.4. The normalized spacial score (nSPS) is 24.4. The molecule has 18 heavy (non-hydrogen) atoms. The van der Waals surface area contributed by atoms with Gasteiger partial charge in [0.15, 0.2) is 0 Å². The van der Waals surface area contributed by atoms with Crippen molar-refractivity contribution < 1.29 is 4.79 Å². The average Bonchev–Trinajstić information content (AvgIpc) is 2.56. The van der Waals surface area contributed by atoms with Gasteiger partial charge < -0.3 is 4.90 Å². The van der Waals surface area contributed by atoms with Crippen LogP contribution in [0.25, 0.3) is 0 Å².